The number of hydrogen-bond acceptors (Lipinski definition) is 4. The maximum atomic E-state index is 5.22. The van der Waals surface area contributed by atoms with E-state index in [0.29, 0.717) is 6.04 Å². The molecule has 0 amide bonds. The molecule has 0 aliphatic heterocycles. The molecule has 2 aromatic rings. The lowest BCUT2D eigenvalue weighted by atomic mass is 10.1. The molecular weight excluding hydrogens is 274 g/mol. The third-order valence-corrected chi connectivity index (χ3v) is 3.80. The summed E-state index contributed by atoms with van der Waals surface area (Å²) in [6, 6.07) is 12.8. The predicted octanol–water partition coefficient (Wildman–Crippen LogP) is 2.53. The summed E-state index contributed by atoms with van der Waals surface area (Å²) in [6.45, 7) is 1.88. The molecule has 0 spiro atoms. The molecule has 0 aliphatic carbocycles. The Morgan fingerprint density at radius 2 is 1.77 bits per heavy atom. The Morgan fingerprint density at radius 3 is 2.36 bits per heavy atom. The van der Waals surface area contributed by atoms with Crippen LogP contribution in [0.5, 0.6) is 5.75 Å². The smallest absolute Gasteiger partial charge is 0.118 e. The van der Waals surface area contributed by atoms with Gasteiger partial charge in [0, 0.05) is 25.0 Å². The van der Waals surface area contributed by atoms with E-state index in [4.69, 9.17) is 4.74 Å². The second kappa shape index (κ2) is 8.51. The number of aromatic nitrogens is 1. The van der Waals surface area contributed by atoms with Crippen molar-refractivity contribution < 1.29 is 4.74 Å². The molecule has 0 fully saturated rings. The number of nitrogens with zero attached hydrogens (tertiary/aromatic N) is 2. The van der Waals surface area contributed by atoms with E-state index in [0.717, 1.165) is 25.3 Å². The number of rotatable bonds is 8. The Bertz CT molecular complexity index is 540. The van der Waals surface area contributed by atoms with Gasteiger partial charge in [-0.2, -0.15) is 0 Å². The fourth-order valence-corrected chi connectivity index (χ4v) is 2.45. The van der Waals surface area contributed by atoms with Gasteiger partial charge in [-0.3, -0.25) is 4.98 Å². The standard InChI is InChI=1S/C18H25N3O/c1-21(2)18(16-4-6-17(22-3)7-5-16)14-20-13-10-15-8-11-19-12-9-15/h4-9,11-12,18,20H,10,13-14H2,1-3H3. The molecular formula is C18H25N3O. The van der Waals surface area contributed by atoms with Crippen LogP contribution >= 0.6 is 0 Å². The lowest BCUT2D eigenvalue weighted by molar-refractivity contribution is 0.289. The molecule has 22 heavy (non-hydrogen) atoms. The van der Waals surface area contributed by atoms with Crippen molar-refractivity contribution in [2.24, 2.45) is 0 Å². The number of likely N-dealkylation sites (N-methyl/N-ethyl adjacent to an activating group) is 1. The minimum atomic E-state index is 0.350. The van der Waals surface area contributed by atoms with Crippen LogP contribution in [0.15, 0.2) is 48.8 Å². The summed E-state index contributed by atoms with van der Waals surface area (Å²) in [4.78, 5) is 6.28. The summed E-state index contributed by atoms with van der Waals surface area (Å²) >= 11 is 0. The van der Waals surface area contributed by atoms with Crippen LogP contribution in [0.1, 0.15) is 17.2 Å². The van der Waals surface area contributed by atoms with E-state index >= 15 is 0 Å². The molecule has 0 saturated carbocycles. The summed E-state index contributed by atoms with van der Waals surface area (Å²) in [7, 11) is 5.91. The van der Waals surface area contributed by atoms with Crippen molar-refractivity contribution in [3.05, 3.63) is 59.9 Å². The highest BCUT2D eigenvalue weighted by molar-refractivity contribution is 5.29. The molecule has 0 saturated heterocycles. The first-order valence-corrected chi connectivity index (χ1v) is 7.60. The first-order valence-electron chi connectivity index (χ1n) is 7.60. The Kier molecular flexibility index (Phi) is 6.37. The molecule has 1 N–H and O–H groups in total. The maximum Gasteiger partial charge on any atom is 0.118 e. The summed E-state index contributed by atoms with van der Waals surface area (Å²) in [6.07, 6.45) is 4.70. The first kappa shape index (κ1) is 16.5. The zero-order valence-electron chi connectivity index (χ0n) is 13.6. The van der Waals surface area contributed by atoms with E-state index in [1.54, 1.807) is 7.11 Å². The predicted molar refractivity (Wildman–Crippen MR) is 90.2 cm³/mol. The average molecular weight is 299 g/mol. The lowest BCUT2D eigenvalue weighted by Gasteiger charge is -2.25. The van der Waals surface area contributed by atoms with Crippen molar-refractivity contribution in [2.75, 3.05) is 34.3 Å². The van der Waals surface area contributed by atoms with Gasteiger partial charge in [-0.1, -0.05) is 12.1 Å². The molecule has 1 heterocycles. The minimum Gasteiger partial charge on any atom is -0.497 e. The van der Waals surface area contributed by atoms with E-state index < -0.39 is 0 Å². The summed E-state index contributed by atoms with van der Waals surface area (Å²) < 4.78 is 5.22. The normalized spacial score (nSPS) is 12.4. The van der Waals surface area contributed by atoms with Gasteiger partial charge in [0.1, 0.15) is 5.75 Å². The number of pyridine rings is 1. The van der Waals surface area contributed by atoms with Gasteiger partial charge in [0.25, 0.3) is 0 Å². The number of hydrogen-bond donors (Lipinski definition) is 1. The van der Waals surface area contributed by atoms with Crippen molar-refractivity contribution in [3.63, 3.8) is 0 Å². The monoisotopic (exact) mass is 299 g/mol. The van der Waals surface area contributed by atoms with Crippen LogP contribution in [0.3, 0.4) is 0 Å². The zero-order valence-corrected chi connectivity index (χ0v) is 13.6. The summed E-state index contributed by atoms with van der Waals surface area (Å²) in [5, 5.41) is 3.55. The van der Waals surface area contributed by atoms with Crippen molar-refractivity contribution in [3.8, 4) is 5.75 Å². The molecule has 1 aromatic heterocycles. The quantitative estimate of drug-likeness (QED) is 0.760. The van der Waals surface area contributed by atoms with Crippen molar-refractivity contribution >= 4 is 0 Å². The molecule has 1 atom stereocenters. The van der Waals surface area contributed by atoms with E-state index in [-0.39, 0.29) is 0 Å². The molecule has 0 aliphatic rings. The zero-order chi connectivity index (χ0) is 15.8. The van der Waals surface area contributed by atoms with Crippen LogP contribution in [0.4, 0.5) is 0 Å². The van der Waals surface area contributed by atoms with E-state index in [2.05, 4.69) is 53.6 Å². The highest BCUT2D eigenvalue weighted by atomic mass is 16.5. The van der Waals surface area contributed by atoms with Crippen LogP contribution in [0.2, 0.25) is 0 Å². The van der Waals surface area contributed by atoms with E-state index in [1.165, 1.54) is 11.1 Å². The number of benzene rings is 1. The van der Waals surface area contributed by atoms with Gasteiger partial charge in [0.2, 0.25) is 0 Å². The van der Waals surface area contributed by atoms with Crippen molar-refractivity contribution in [2.45, 2.75) is 12.5 Å². The molecule has 2 rings (SSSR count). The molecule has 0 radical (unpaired) electrons. The lowest BCUT2D eigenvalue weighted by Crippen LogP contribution is -2.32. The van der Waals surface area contributed by atoms with Gasteiger partial charge in [-0.25, -0.2) is 0 Å². The maximum absolute atomic E-state index is 5.22. The Balaban J connectivity index is 1.86. The molecule has 1 unspecified atom stereocenters. The highest BCUT2D eigenvalue weighted by Gasteiger charge is 2.13. The average Bonchev–Trinajstić information content (AvgIpc) is 2.56. The molecule has 4 heteroatoms. The van der Waals surface area contributed by atoms with Crippen LogP contribution in [-0.4, -0.2) is 44.2 Å². The fourth-order valence-electron chi connectivity index (χ4n) is 2.45. The van der Waals surface area contributed by atoms with Crippen LogP contribution in [0.25, 0.3) is 0 Å². The van der Waals surface area contributed by atoms with E-state index in [1.807, 2.05) is 24.5 Å². The number of methoxy groups -OCH3 is 1. The van der Waals surface area contributed by atoms with Crippen molar-refractivity contribution in [1.29, 1.82) is 0 Å². The molecule has 118 valence electrons. The third-order valence-electron chi connectivity index (χ3n) is 3.80. The third kappa shape index (κ3) is 4.83. The summed E-state index contributed by atoms with van der Waals surface area (Å²) in [5.41, 5.74) is 2.61. The van der Waals surface area contributed by atoms with Gasteiger partial charge in [-0.15, -0.1) is 0 Å². The summed E-state index contributed by atoms with van der Waals surface area (Å²) in [5.74, 6) is 0.895. The first-order chi connectivity index (χ1) is 10.7. The minimum absolute atomic E-state index is 0.350. The SMILES string of the molecule is COc1ccc(C(CNCCc2ccncc2)N(C)C)cc1. The van der Waals surface area contributed by atoms with Crippen LogP contribution < -0.4 is 10.1 Å². The van der Waals surface area contributed by atoms with Crippen molar-refractivity contribution in [1.82, 2.24) is 15.2 Å². The number of nitrogens with one attached hydrogen (secondary N) is 1. The van der Waals surface area contributed by atoms with Gasteiger partial charge in [0.05, 0.1) is 7.11 Å². The van der Waals surface area contributed by atoms with Gasteiger partial charge in [-0.05, 0) is 62.5 Å². The van der Waals surface area contributed by atoms with E-state index in [9.17, 15) is 0 Å². The Hall–Kier alpha value is -1.91. The highest BCUT2D eigenvalue weighted by Crippen LogP contribution is 2.20. The Labute approximate surface area is 133 Å². The van der Waals surface area contributed by atoms with Gasteiger partial charge < -0.3 is 15.0 Å². The van der Waals surface area contributed by atoms with Gasteiger partial charge in [0.15, 0.2) is 0 Å². The van der Waals surface area contributed by atoms with Crippen LogP contribution in [0, 0.1) is 0 Å². The largest absolute Gasteiger partial charge is 0.497 e. The second-order valence-electron chi connectivity index (χ2n) is 5.56. The van der Waals surface area contributed by atoms with Crippen LogP contribution in [-0.2, 0) is 6.42 Å². The molecule has 4 nitrogen and oxygen atoms in total. The fraction of sp³-hybridized carbons (Fsp3) is 0.389. The van der Waals surface area contributed by atoms with Gasteiger partial charge >= 0.3 is 0 Å². The topological polar surface area (TPSA) is 37.4 Å². The molecule has 1 aromatic carbocycles. The number of ether oxygens (including phenoxy) is 1. The molecule has 0 bridgehead atoms. The Morgan fingerprint density at radius 1 is 1.09 bits per heavy atom. The second-order valence-corrected chi connectivity index (χ2v) is 5.56.